The summed E-state index contributed by atoms with van der Waals surface area (Å²) in [5, 5.41) is 14.9. The minimum atomic E-state index is -0.894. The minimum Gasteiger partial charge on any atom is -0.409 e. The van der Waals surface area contributed by atoms with Crippen LogP contribution in [0, 0.1) is 5.41 Å². The molecule has 0 atom stereocenters. The van der Waals surface area contributed by atoms with Crippen LogP contribution in [-0.2, 0) is 4.79 Å². The van der Waals surface area contributed by atoms with E-state index < -0.39 is 5.41 Å². The Morgan fingerprint density at radius 3 is 2.65 bits per heavy atom. The average Bonchev–Trinajstić information content (AvgIpc) is 2.47. The number of amides is 1. The molecule has 108 valence electrons. The number of amidine groups is 1. The number of carbonyl (C=O) groups excluding carboxylic acids is 1. The lowest BCUT2D eigenvalue weighted by molar-refractivity contribution is -0.123. The van der Waals surface area contributed by atoms with E-state index in [1.54, 1.807) is 0 Å². The predicted molar refractivity (Wildman–Crippen MR) is 81.7 cm³/mol. The highest BCUT2D eigenvalue weighted by molar-refractivity contribution is 9.10. The van der Waals surface area contributed by atoms with Gasteiger partial charge in [-0.1, -0.05) is 46.4 Å². The van der Waals surface area contributed by atoms with Crippen LogP contribution in [0.3, 0.4) is 0 Å². The summed E-state index contributed by atoms with van der Waals surface area (Å²) in [5.74, 6) is -0.199. The van der Waals surface area contributed by atoms with Gasteiger partial charge in [0.2, 0.25) is 5.91 Å². The van der Waals surface area contributed by atoms with E-state index in [2.05, 4.69) is 26.4 Å². The van der Waals surface area contributed by atoms with Crippen LogP contribution in [0.1, 0.15) is 32.1 Å². The molecular weight excluding hydrogens is 322 g/mol. The maximum atomic E-state index is 12.6. The first kappa shape index (κ1) is 14.8. The van der Waals surface area contributed by atoms with Crippen molar-refractivity contribution in [3.8, 4) is 0 Å². The highest BCUT2D eigenvalue weighted by Gasteiger charge is 2.43. The predicted octanol–water partition coefficient (Wildman–Crippen LogP) is 3.08. The Morgan fingerprint density at radius 2 is 2.05 bits per heavy atom. The molecular formula is C14H18BrN3O2. The molecule has 1 aromatic rings. The van der Waals surface area contributed by atoms with E-state index in [0.29, 0.717) is 18.5 Å². The van der Waals surface area contributed by atoms with Crippen molar-refractivity contribution in [2.75, 3.05) is 5.32 Å². The van der Waals surface area contributed by atoms with Gasteiger partial charge in [0.1, 0.15) is 5.41 Å². The highest BCUT2D eigenvalue weighted by Crippen LogP contribution is 2.37. The highest BCUT2D eigenvalue weighted by atomic mass is 79.9. The average molecular weight is 340 g/mol. The van der Waals surface area contributed by atoms with Gasteiger partial charge in [-0.2, -0.15) is 0 Å². The van der Waals surface area contributed by atoms with Crippen molar-refractivity contribution >= 4 is 33.4 Å². The van der Waals surface area contributed by atoms with Crippen molar-refractivity contribution < 1.29 is 10.0 Å². The van der Waals surface area contributed by atoms with Gasteiger partial charge in [-0.3, -0.25) is 4.79 Å². The fourth-order valence-corrected chi connectivity index (χ4v) is 3.07. The molecule has 5 nitrogen and oxygen atoms in total. The molecule has 20 heavy (non-hydrogen) atoms. The van der Waals surface area contributed by atoms with Crippen LogP contribution in [0.25, 0.3) is 0 Å². The molecule has 1 aliphatic rings. The van der Waals surface area contributed by atoms with E-state index in [1.807, 2.05) is 24.3 Å². The Kier molecular flexibility index (Phi) is 4.65. The van der Waals surface area contributed by atoms with Gasteiger partial charge in [0, 0.05) is 10.2 Å². The van der Waals surface area contributed by atoms with Crippen LogP contribution >= 0.6 is 15.9 Å². The zero-order valence-electron chi connectivity index (χ0n) is 11.1. The Morgan fingerprint density at radius 1 is 1.35 bits per heavy atom. The maximum absolute atomic E-state index is 12.6. The lowest BCUT2D eigenvalue weighted by Crippen LogP contribution is -2.48. The molecule has 0 radical (unpaired) electrons. The summed E-state index contributed by atoms with van der Waals surface area (Å²) in [6, 6.07) is 7.36. The van der Waals surface area contributed by atoms with Crippen molar-refractivity contribution in [3.63, 3.8) is 0 Å². The molecule has 0 aromatic heterocycles. The monoisotopic (exact) mass is 339 g/mol. The molecule has 0 aliphatic heterocycles. The summed E-state index contributed by atoms with van der Waals surface area (Å²) >= 11 is 3.36. The first-order chi connectivity index (χ1) is 9.58. The van der Waals surface area contributed by atoms with E-state index in [0.717, 1.165) is 23.7 Å². The SMILES string of the molecule is NC(=NO)C1(C(=O)Nc2cccc(Br)c2)CCCCC1. The first-order valence-corrected chi connectivity index (χ1v) is 7.43. The number of anilines is 1. The van der Waals surface area contributed by atoms with E-state index in [-0.39, 0.29) is 11.7 Å². The van der Waals surface area contributed by atoms with E-state index in [9.17, 15) is 4.79 Å². The molecule has 0 saturated heterocycles. The fraction of sp³-hybridized carbons (Fsp3) is 0.429. The van der Waals surface area contributed by atoms with Gasteiger partial charge in [-0.25, -0.2) is 0 Å². The second kappa shape index (κ2) is 6.26. The van der Waals surface area contributed by atoms with Crippen molar-refractivity contribution in [1.82, 2.24) is 0 Å². The van der Waals surface area contributed by atoms with E-state index in [1.165, 1.54) is 0 Å². The number of hydrogen-bond acceptors (Lipinski definition) is 3. The van der Waals surface area contributed by atoms with Crippen LogP contribution in [0.15, 0.2) is 33.9 Å². The second-order valence-electron chi connectivity index (χ2n) is 5.09. The third-order valence-corrected chi connectivity index (χ3v) is 4.32. The zero-order chi connectivity index (χ0) is 14.6. The largest absolute Gasteiger partial charge is 0.409 e. The van der Waals surface area contributed by atoms with Gasteiger partial charge in [-0.15, -0.1) is 0 Å². The molecule has 1 amide bonds. The molecule has 6 heteroatoms. The van der Waals surface area contributed by atoms with Crippen LogP contribution in [0.5, 0.6) is 0 Å². The molecule has 4 N–H and O–H groups in total. The van der Waals surface area contributed by atoms with Gasteiger partial charge >= 0.3 is 0 Å². The molecule has 1 fully saturated rings. The van der Waals surface area contributed by atoms with Crippen LogP contribution in [-0.4, -0.2) is 17.0 Å². The minimum absolute atomic E-state index is 0.00435. The van der Waals surface area contributed by atoms with Gasteiger partial charge in [0.25, 0.3) is 0 Å². The van der Waals surface area contributed by atoms with Crippen LogP contribution < -0.4 is 11.1 Å². The summed E-state index contributed by atoms with van der Waals surface area (Å²) in [4.78, 5) is 12.6. The molecule has 1 saturated carbocycles. The summed E-state index contributed by atoms with van der Waals surface area (Å²) in [6.07, 6.45) is 4.11. The van der Waals surface area contributed by atoms with Crippen LogP contribution in [0.4, 0.5) is 5.69 Å². The smallest absolute Gasteiger partial charge is 0.238 e. The second-order valence-corrected chi connectivity index (χ2v) is 6.01. The lowest BCUT2D eigenvalue weighted by atomic mass is 9.72. The zero-order valence-corrected chi connectivity index (χ0v) is 12.7. The van der Waals surface area contributed by atoms with Crippen molar-refractivity contribution in [2.24, 2.45) is 16.3 Å². The number of rotatable bonds is 3. The standard InChI is InChI=1S/C14H18BrN3O2/c15-10-5-4-6-11(9-10)17-13(19)14(12(16)18-20)7-2-1-3-8-14/h4-6,9,20H,1-3,7-8H2,(H2,16,18)(H,17,19). The Labute approximate surface area is 126 Å². The molecule has 0 unspecified atom stereocenters. The molecule has 2 rings (SSSR count). The third kappa shape index (κ3) is 2.95. The Bertz CT molecular complexity index is 525. The Hall–Kier alpha value is -1.56. The molecule has 0 bridgehead atoms. The summed E-state index contributed by atoms with van der Waals surface area (Å²) < 4.78 is 0.886. The van der Waals surface area contributed by atoms with Crippen LogP contribution in [0.2, 0.25) is 0 Å². The summed E-state index contributed by atoms with van der Waals surface area (Å²) in [7, 11) is 0. The summed E-state index contributed by atoms with van der Waals surface area (Å²) in [6.45, 7) is 0. The number of nitrogens with zero attached hydrogens (tertiary/aromatic N) is 1. The molecule has 0 heterocycles. The van der Waals surface area contributed by atoms with Crippen molar-refractivity contribution in [2.45, 2.75) is 32.1 Å². The number of oxime groups is 1. The van der Waals surface area contributed by atoms with Gasteiger partial charge in [0.15, 0.2) is 5.84 Å². The quantitative estimate of drug-likeness (QED) is 0.342. The molecule has 1 aromatic carbocycles. The first-order valence-electron chi connectivity index (χ1n) is 6.63. The lowest BCUT2D eigenvalue weighted by Gasteiger charge is -2.34. The summed E-state index contributed by atoms with van der Waals surface area (Å²) in [5.41, 5.74) is 5.60. The maximum Gasteiger partial charge on any atom is 0.238 e. The van der Waals surface area contributed by atoms with Crippen molar-refractivity contribution in [1.29, 1.82) is 0 Å². The molecule has 0 spiro atoms. The number of nitrogens with two attached hydrogens (primary N) is 1. The van der Waals surface area contributed by atoms with E-state index >= 15 is 0 Å². The van der Waals surface area contributed by atoms with Gasteiger partial charge in [-0.05, 0) is 31.0 Å². The number of benzene rings is 1. The third-order valence-electron chi connectivity index (χ3n) is 3.82. The number of nitrogens with one attached hydrogen (secondary N) is 1. The molecule has 1 aliphatic carbocycles. The van der Waals surface area contributed by atoms with Crippen molar-refractivity contribution in [3.05, 3.63) is 28.7 Å². The van der Waals surface area contributed by atoms with Gasteiger partial charge in [0.05, 0.1) is 0 Å². The van der Waals surface area contributed by atoms with E-state index in [4.69, 9.17) is 10.9 Å². The topological polar surface area (TPSA) is 87.7 Å². The Balaban J connectivity index is 2.23. The van der Waals surface area contributed by atoms with Gasteiger partial charge < -0.3 is 16.3 Å². The fourth-order valence-electron chi connectivity index (χ4n) is 2.67. The number of carbonyl (C=O) groups is 1. The number of hydrogen-bond donors (Lipinski definition) is 3. The normalized spacial score (nSPS) is 18.6. The number of halogens is 1.